The van der Waals surface area contributed by atoms with Crippen LogP contribution in [0.4, 0.5) is 0 Å². The second-order valence-electron chi connectivity index (χ2n) is 8.83. The molecule has 1 unspecified atom stereocenters. The molecule has 0 spiro atoms. The van der Waals surface area contributed by atoms with Crippen molar-refractivity contribution in [1.29, 1.82) is 0 Å². The molecule has 4 heterocycles. The zero-order chi connectivity index (χ0) is 20.9. The Labute approximate surface area is 184 Å². The predicted molar refractivity (Wildman–Crippen MR) is 123 cm³/mol. The third-order valence-corrected chi connectivity index (χ3v) is 7.21. The van der Waals surface area contributed by atoms with Crippen LogP contribution >= 0.6 is 11.3 Å². The van der Waals surface area contributed by atoms with Gasteiger partial charge in [-0.2, -0.15) is 5.10 Å². The lowest BCUT2D eigenvalue weighted by Gasteiger charge is -2.32. The van der Waals surface area contributed by atoms with E-state index in [0.717, 1.165) is 44.5 Å². The van der Waals surface area contributed by atoms with Crippen molar-refractivity contribution >= 4 is 17.3 Å². The third kappa shape index (κ3) is 5.60. The number of nitrogens with zero attached hydrogens (tertiary/aromatic N) is 6. The first-order chi connectivity index (χ1) is 14.6. The lowest BCUT2D eigenvalue weighted by atomic mass is 9.97. The van der Waals surface area contributed by atoms with Crippen molar-refractivity contribution in [1.82, 2.24) is 29.9 Å². The van der Waals surface area contributed by atoms with Gasteiger partial charge in [0.15, 0.2) is 5.96 Å². The molecule has 0 aliphatic carbocycles. The van der Waals surface area contributed by atoms with E-state index in [1.807, 2.05) is 25.0 Å². The van der Waals surface area contributed by atoms with Crippen LogP contribution in [0.25, 0.3) is 0 Å². The summed E-state index contributed by atoms with van der Waals surface area (Å²) in [5.74, 6) is 2.48. The summed E-state index contributed by atoms with van der Waals surface area (Å²) in [6.07, 6.45) is 8.96. The summed E-state index contributed by atoms with van der Waals surface area (Å²) in [7, 11) is 3.90. The molecule has 0 radical (unpaired) electrons. The maximum atomic E-state index is 4.61. The Morgan fingerprint density at radius 1 is 1.23 bits per heavy atom. The van der Waals surface area contributed by atoms with Crippen LogP contribution in [0.3, 0.4) is 0 Å². The van der Waals surface area contributed by atoms with Gasteiger partial charge < -0.3 is 10.2 Å². The Balaban J connectivity index is 1.18. The minimum Gasteiger partial charge on any atom is -0.356 e. The quantitative estimate of drug-likeness (QED) is 0.565. The molecule has 8 heteroatoms. The van der Waals surface area contributed by atoms with Gasteiger partial charge in [0.1, 0.15) is 0 Å². The standard InChI is InChI=1S/C22H35N7S/c1-17-26-21(16-30-17)15-28-7-4-18(5-8-28)11-24-22(23-2)29-9-6-19(14-29)10-20-12-25-27(3)13-20/h12-13,16,18-19H,4-11,14-15H2,1-3H3,(H,23,24). The SMILES string of the molecule is CN=C(NCC1CCN(Cc2csc(C)n2)CC1)N1CCC(Cc2cnn(C)c2)C1. The van der Waals surface area contributed by atoms with E-state index in [2.05, 4.69) is 48.7 Å². The predicted octanol–water partition coefficient (Wildman–Crippen LogP) is 2.54. The molecule has 2 aliphatic heterocycles. The Bertz CT molecular complexity index is 834. The molecule has 0 amide bonds. The second kappa shape index (κ2) is 9.92. The van der Waals surface area contributed by atoms with E-state index < -0.39 is 0 Å². The average molecular weight is 430 g/mol. The van der Waals surface area contributed by atoms with Gasteiger partial charge in [-0.25, -0.2) is 4.98 Å². The molecule has 7 nitrogen and oxygen atoms in total. The molecule has 2 fully saturated rings. The molecule has 0 aromatic carbocycles. The van der Waals surface area contributed by atoms with Gasteiger partial charge >= 0.3 is 0 Å². The first kappa shape index (κ1) is 21.3. The van der Waals surface area contributed by atoms with E-state index in [-0.39, 0.29) is 0 Å². The highest BCUT2D eigenvalue weighted by atomic mass is 32.1. The smallest absolute Gasteiger partial charge is 0.193 e. The van der Waals surface area contributed by atoms with Crippen molar-refractivity contribution in [2.75, 3.05) is 39.8 Å². The number of rotatable bonds is 6. The molecular weight excluding hydrogens is 394 g/mol. The van der Waals surface area contributed by atoms with Crippen LogP contribution in [0.2, 0.25) is 0 Å². The molecule has 2 aromatic rings. The number of guanidine groups is 1. The summed E-state index contributed by atoms with van der Waals surface area (Å²) in [6, 6.07) is 0. The molecule has 2 saturated heterocycles. The average Bonchev–Trinajstić information content (AvgIpc) is 3.47. The van der Waals surface area contributed by atoms with Crippen LogP contribution in [0.1, 0.15) is 35.5 Å². The van der Waals surface area contributed by atoms with Crippen molar-refractivity contribution in [3.05, 3.63) is 34.0 Å². The van der Waals surface area contributed by atoms with Crippen LogP contribution in [-0.2, 0) is 20.0 Å². The van der Waals surface area contributed by atoms with Crippen LogP contribution in [-0.4, -0.2) is 70.3 Å². The fourth-order valence-corrected chi connectivity index (χ4v) is 5.33. The molecule has 164 valence electrons. The summed E-state index contributed by atoms with van der Waals surface area (Å²) < 4.78 is 1.89. The van der Waals surface area contributed by atoms with Gasteiger partial charge in [0.25, 0.3) is 0 Å². The molecular formula is C22H35N7S. The highest BCUT2D eigenvalue weighted by Gasteiger charge is 2.26. The van der Waals surface area contributed by atoms with Crippen LogP contribution in [0.5, 0.6) is 0 Å². The minimum absolute atomic E-state index is 0.685. The lowest BCUT2D eigenvalue weighted by molar-refractivity contribution is 0.176. The highest BCUT2D eigenvalue weighted by Crippen LogP contribution is 2.22. The largest absolute Gasteiger partial charge is 0.356 e. The summed E-state index contributed by atoms with van der Waals surface area (Å²) in [5, 5.41) is 11.3. The molecule has 4 rings (SSSR count). The second-order valence-corrected chi connectivity index (χ2v) is 9.89. The van der Waals surface area contributed by atoms with E-state index in [9.17, 15) is 0 Å². The third-order valence-electron chi connectivity index (χ3n) is 6.39. The zero-order valence-electron chi connectivity index (χ0n) is 18.5. The monoisotopic (exact) mass is 429 g/mol. The van der Waals surface area contributed by atoms with Gasteiger partial charge in [0, 0.05) is 51.9 Å². The first-order valence-electron chi connectivity index (χ1n) is 11.2. The zero-order valence-corrected chi connectivity index (χ0v) is 19.4. The number of nitrogens with one attached hydrogen (secondary N) is 1. The van der Waals surface area contributed by atoms with Crippen molar-refractivity contribution in [3.8, 4) is 0 Å². The van der Waals surface area contributed by atoms with Gasteiger partial charge in [0.05, 0.1) is 16.9 Å². The minimum atomic E-state index is 0.685. The van der Waals surface area contributed by atoms with Crippen molar-refractivity contribution in [3.63, 3.8) is 0 Å². The van der Waals surface area contributed by atoms with E-state index in [1.165, 1.54) is 48.6 Å². The fraction of sp³-hybridized carbons (Fsp3) is 0.682. The first-order valence-corrected chi connectivity index (χ1v) is 12.0. The number of aliphatic imine (C=N–C) groups is 1. The number of hydrogen-bond acceptors (Lipinski definition) is 5. The Morgan fingerprint density at radius 3 is 2.70 bits per heavy atom. The molecule has 30 heavy (non-hydrogen) atoms. The van der Waals surface area contributed by atoms with E-state index in [0.29, 0.717) is 5.92 Å². The van der Waals surface area contributed by atoms with Crippen molar-refractivity contribution in [2.24, 2.45) is 23.9 Å². The maximum Gasteiger partial charge on any atom is 0.193 e. The number of aryl methyl sites for hydroxylation is 2. The Kier molecular flexibility index (Phi) is 7.04. The normalized spacial score (nSPS) is 21.5. The van der Waals surface area contributed by atoms with Gasteiger partial charge in [-0.15, -0.1) is 11.3 Å². The van der Waals surface area contributed by atoms with Gasteiger partial charge in [-0.3, -0.25) is 14.6 Å². The lowest BCUT2D eigenvalue weighted by Crippen LogP contribution is -2.44. The summed E-state index contributed by atoms with van der Waals surface area (Å²) in [4.78, 5) is 14.2. The van der Waals surface area contributed by atoms with Crippen molar-refractivity contribution in [2.45, 2.75) is 39.2 Å². The van der Waals surface area contributed by atoms with Gasteiger partial charge in [-0.1, -0.05) is 0 Å². The Hall–Kier alpha value is -1.93. The highest BCUT2D eigenvalue weighted by molar-refractivity contribution is 7.09. The summed E-state index contributed by atoms with van der Waals surface area (Å²) in [6.45, 7) is 8.62. The molecule has 1 N–H and O–H groups in total. The van der Waals surface area contributed by atoms with Gasteiger partial charge in [0.2, 0.25) is 0 Å². The number of aromatic nitrogens is 3. The Morgan fingerprint density at radius 2 is 2.03 bits per heavy atom. The number of thiazole rings is 1. The molecule has 0 saturated carbocycles. The van der Waals surface area contributed by atoms with Gasteiger partial charge in [-0.05, 0) is 63.1 Å². The summed E-state index contributed by atoms with van der Waals surface area (Å²) in [5.41, 5.74) is 2.57. The number of hydrogen-bond donors (Lipinski definition) is 1. The topological polar surface area (TPSA) is 61.6 Å². The van der Waals surface area contributed by atoms with Crippen molar-refractivity contribution < 1.29 is 0 Å². The van der Waals surface area contributed by atoms with E-state index >= 15 is 0 Å². The molecule has 1 atom stereocenters. The van der Waals surface area contributed by atoms with Crippen LogP contribution in [0, 0.1) is 18.8 Å². The van der Waals surface area contributed by atoms with Crippen LogP contribution in [0.15, 0.2) is 22.8 Å². The fourth-order valence-electron chi connectivity index (χ4n) is 4.73. The molecule has 2 aliphatic rings. The molecule has 2 aromatic heterocycles. The maximum absolute atomic E-state index is 4.61. The number of piperidine rings is 1. The number of likely N-dealkylation sites (tertiary alicyclic amines) is 2. The molecule has 0 bridgehead atoms. The van der Waals surface area contributed by atoms with Crippen LogP contribution < -0.4 is 5.32 Å². The van der Waals surface area contributed by atoms with E-state index in [1.54, 1.807) is 11.3 Å². The van der Waals surface area contributed by atoms with E-state index in [4.69, 9.17) is 0 Å². The summed E-state index contributed by atoms with van der Waals surface area (Å²) >= 11 is 1.75.